The van der Waals surface area contributed by atoms with Crippen molar-refractivity contribution in [1.82, 2.24) is 0 Å². The van der Waals surface area contributed by atoms with Crippen LogP contribution >= 0.6 is 0 Å². The average molecular weight is 131 g/mol. The van der Waals surface area contributed by atoms with Crippen molar-refractivity contribution in [2.45, 2.75) is 19.4 Å². The number of hydrogen-bond donors (Lipinski definition) is 0. The van der Waals surface area contributed by atoms with Crippen molar-refractivity contribution in [2.24, 2.45) is 0 Å². The van der Waals surface area contributed by atoms with E-state index in [0.717, 1.165) is 13.0 Å². The first-order valence-electron chi connectivity index (χ1n) is 3.21. The maximum atomic E-state index is 5.15. The van der Waals surface area contributed by atoms with E-state index < -0.39 is 0 Å². The Balaban J connectivity index is 2.88. The Labute approximate surface area is 57.2 Å². The van der Waals surface area contributed by atoms with Gasteiger partial charge in [0.25, 0.3) is 0 Å². The Morgan fingerprint density at radius 3 is 2.67 bits per heavy atom. The number of ether oxygens (including phenoxy) is 2. The molecular weight excluding hydrogens is 116 g/mol. The van der Waals surface area contributed by atoms with E-state index in [9.17, 15) is 0 Å². The van der Waals surface area contributed by atoms with Gasteiger partial charge in [-0.1, -0.05) is 6.92 Å². The van der Waals surface area contributed by atoms with Gasteiger partial charge >= 0.3 is 0 Å². The molecule has 1 radical (unpaired) electrons. The second kappa shape index (κ2) is 6.05. The number of rotatable bonds is 5. The van der Waals surface area contributed by atoms with E-state index in [0.29, 0.717) is 6.61 Å². The molecule has 0 aromatic carbocycles. The first-order chi connectivity index (χ1) is 4.31. The van der Waals surface area contributed by atoms with Gasteiger partial charge in [-0.2, -0.15) is 0 Å². The van der Waals surface area contributed by atoms with Gasteiger partial charge in [0.2, 0.25) is 0 Å². The molecule has 0 aromatic heterocycles. The lowest BCUT2D eigenvalue weighted by Crippen LogP contribution is -2.13. The predicted molar refractivity (Wildman–Crippen MR) is 37.3 cm³/mol. The van der Waals surface area contributed by atoms with Crippen molar-refractivity contribution in [1.29, 1.82) is 0 Å². The molecule has 0 saturated carbocycles. The van der Waals surface area contributed by atoms with Crippen molar-refractivity contribution in [3.63, 3.8) is 0 Å². The summed E-state index contributed by atoms with van der Waals surface area (Å²) in [6.07, 6.45) is 1.03. The molecule has 0 aromatic rings. The van der Waals surface area contributed by atoms with Gasteiger partial charge in [0.1, 0.15) is 0 Å². The number of methoxy groups -OCH3 is 1. The Morgan fingerprint density at radius 2 is 2.22 bits per heavy atom. The summed E-state index contributed by atoms with van der Waals surface area (Å²) in [4.78, 5) is 0. The van der Waals surface area contributed by atoms with Crippen LogP contribution in [-0.4, -0.2) is 26.4 Å². The lowest BCUT2D eigenvalue weighted by molar-refractivity contribution is 0.0200. The molecule has 2 heteroatoms. The molecule has 0 rings (SSSR count). The summed E-state index contributed by atoms with van der Waals surface area (Å²) in [5.74, 6) is 0. The molecule has 55 valence electrons. The van der Waals surface area contributed by atoms with Crippen molar-refractivity contribution in [3.8, 4) is 0 Å². The standard InChI is InChI=1S/C7H15O2/c1-4-5-9-6-7(2)8-3/h7H,1,4-6H2,2-3H3. The molecule has 0 N–H and O–H groups in total. The van der Waals surface area contributed by atoms with Crippen molar-refractivity contribution < 1.29 is 9.47 Å². The van der Waals surface area contributed by atoms with Crippen molar-refractivity contribution in [3.05, 3.63) is 6.92 Å². The molecule has 0 aliphatic carbocycles. The van der Waals surface area contributed by atoms with Gasteiger partial charge in [0.05, 0.1) is 12.7 Å². The zero-order chi connectivity index (χ0) is 7.11. The van der Waals surface area contributed by atoms with Crippen LogP contribution in [0.15, 0.2) is 0 Å². The fraction of sp³-hybridized carbons (Fsp3) is 0.857. The Bertz CT molecular complexity index is 54.9. The van der Waals surface area contributed by atoms with Crippen LogP contribution in [0.5, 0.6) is 0 Å². The minimum atomic E-state index is 0.205. The first kappa shape index (κ1) is 8.92. The second-order valence-electron chi connectivity index (χ2n) is 1.97. The lowest BCUT2D eigenvalue weighted by atomic mass is 10.4. The molecule has 0 heterocycles. The SMILES string of the molecule is [CH2]CCOCC(C)OC. The summed E-state index contributed by atoms with van der Waals surface area (Å²) < 4.78 is 10.1. The van der Waals surface area contributed by atoms with Crippen LogP contribution in [0.3, 0.4) is 0 Å². The third-order valence-corrected chi connectivity index (χ3v) is 1.04. The summed E-state index contributed by atoms with van der Waals surface area (Å²) in [6.45, 7) is 7.02. The first-order valence-corrected chi connectivity index (χ1v) is 3.21. The third kappa shape index (κ3) is 5.80. The monoisotopic (exact) mass is 131 g/mol. The zero-order valence-electron chi connectivity index (χ0n) is 6.22. The van der Waals surface area contributed by atoms with E-state index in [2.05, 4.69) is 6.92 Å². The molecule has 0 saturated heterocycles. The summed E-state index contributed by atoms with van der Waals surface area (Å²) in [5, 5.41) is 0. The number of hydrogen-bond acceptors (Lipinski definition) is 2. The van der Waals surface area contributed by atoms with E-state index in [1.807, 2.05) is 6.92 Å². The molecule has 0 bridgehead atoms. The minimum absolute atomic E-state index is 0.205. The smallest absolute Gasteiger partial charge is 0.0776 e. The van der Waals surface area contributed by atoms with Crippen LogP contribution < -0.4 is 0 Å². The highest BCUT2D eigenvalue weighted by atomic mass is 16.5. The fourth-order valence-electron chi connectivity index (χ4n) is 0.419. The maximum Gasteiger partial charge on any atom is 0.0776 e. The van der Waals surface area contributed by atoms with Gasteiger partial charge in [0, 0.05) is 13.7 Å². The van der Waals surface area contributed by atoms with E-state index in [4.69, 9.17) is 9.47 Å². The molecule has 0 fully saturated rings. The molecule has 1 atom stereocenters. The molecule has 9 heavy (non-hydrogen) atoms. The quantitative estimate of drug-likeness (QED) is 0.523. The summed E-state index contributed by atoms with van der Waals surface area (Å²) in [6, 6.07) is 0. The Hall–Kier alpha value is -0.0800. The van der Waals surface area contributed by atoms with Crippen molar-refractivity contribution >= 4 is 0 Å². The van der Waals surface area contributed by atoms with Crippen LogP contribution in [0.4, 0.5) is 0 Å². The van der Waals surface area contributed by atoms with Crippen LogP contribution in [-0.2, 0) is 9.47 Å². The highest BCUT2D eigenvalue weighted by Gasteiger charge is 1.96. The largest absolute Gasteiger partial charge is 0.379 e. The molecule has 2 nitrogen and oxygen atoms in total. The molecule has 1 unspecified atom stereocenters. The van der Waals surface area contributed by atoms with Gasteiger partial charge in [0.15, 0.2) is 0 Å². The normalized spacial score (nSPS) is 13.7. The topological polar surface area (TPSA) is 18.5 Å². The fourth-order valence-corrected chi connectivity index (χ4v) is 0.419. The third-order valence-electron chi connectivity index (χ3n) is 1.04. The average Bonchev–Trinajstić information content (AvgIpc) is 1.89. The van der Waals surface area contributed by atoms with Gasteiger partial charge < -0.3 is 9.47 Å². The van der Waals surface area contributed by atoms with Crippen LogP contribution in [0.25, 0.3) is 0 Å². The lowest BCUT2D eigenvalue weighted by Gasteiger charge is -2.08. The molecule has 0 amide bonds. The summed E-state index contributed by atoms with van der Waals surface area (Å²) in [5.41, 5.74) is 0. The van der Waals surface area contributed by atoms with E-state index in [1.54, 1.807) is 7.11 Å². The highest BCUT2D eigenvalue weighted by molar-refractivity contribution is 4.44. The molecule has 0 aliphatic rings. The van der Waals surface area contributed by atoms with E-state index >= 15 is 0 Å². The second-order valence-corrected chi connectivity index (χ2v) is 1.97. The van der Waals surface area contributed by atoms with Gasteiger partial charge in [-0.15, -0.1) is 0 Å². The van der Waals surface area contributed by atoms with E-state index in [1.165, 1.54) is 0 Å². The van der Waals surface area contributed by atoms with Crippen molar-refractivity contribution in [2.75, 3.05) is 20.3 Å². The molecule has 0 aliphatic heterocycles. The Morgan fingerprint density at radius 1 is 1.56 bits per heavy atom. The summed E-state index contributed by atoms with van der Waals surface area (Å²) >= 11 is 0. The van der Waals surface area contributed by atoms with E-state index in [-0.39, 0.29) is 6.10 Å². The zero-order valence-corrected chi connectivity index (χ0v) is 6.22. The Kier molecular flexibility index (Phi) is 5.99. The van der Waals surface area contributed by atoms with Gasteiger partial charge in [-0.05, 0) is 13.3 Å². The van der Waals surface area contributed by atoms with Gasteiger partial charge in [-0.25, -0.2) is 0 Å². The van der Waals surface area contributed by atoms with Crippen LogP contribution in [0.2, 0.25) is 0 Å². The predicted octanol–water partition coefficient (Wildman–Crippen LogP) is 1.26. The van der Waals surface area contributed by atoms with Crippen LogP contribution in [0.1, 0.15) is 13.3 Å². The van der Waals surface area contributed by atoms with Gasteiger partial charge in [-0.3, -0.25) is 0 Å². The van der Waals surface area contributed by atoms with Crippen LogP contribution in [0, 0.1) is 6.92 Å². The highest BCUT2D eigenvalue weighted by Crippen LogP contribution is 1.89. The molecule has 0 spiro atoms. The maximum absolute atomic E-state index is 5.15. The summed E-state index contributed by atoms with van der Waals surface area (Å²) in [7, 11) is 1.68. The minimum Gasteiger partial charge on any atom is -0.379 e. The molecular formula is C7H15O2.